The maximum Gasteiger partial charge on any atom is 0.224 e. The molecule has 4 nitrogen and oxygen atoms in total. The molecule has 1 aliphatic heterocycles. The summed E-state index contributed by atoms with van der Waals surface area (Å²) in [4.78, 5) is 11.8. The van der Waals surface area contributed by atoms with Crippen molar-refractivity contribution in [3.63, 3.8) is 0 Å². The Morgan fingerprint density at radius 2 is 2.15 bits per heavy atom. The SMILES string of the molecule is Cc1ccc(OC(C)CNC(=O)C2CCNC2)cc1.Cl. The molecule has 2 atom stereocenters. The van der Waals surface area contributed by atoms with Gasteiger partial charge in [-0.3, -0.25) is 4.79 Å². The van der Waals surface area contributed by atoms with E-state index in [0.717, 1.165) is 25.3 Å². The molecule has 0 aromatic heterocycles. The first-order chi connectivity index (χ1) is 9.15. The van der Waals surface area contributed by atoms with Crippen LogP contribution in [0.5, 0.6) is 5.75 Å². The zero-order valence-corrected chi connectivity index (χ0v) is 12.8. The third kappa shape index (κ3) is 5.02. The number of nitrogens with one attached hydrogen (secondary N) is 2. The first kappa shape index (κ1) is 16.8. The molecule has 0 spiro atoms. The highest BCUT2D eigenvalue weighted by Gasteiger charge is 2.22. The Morgan fingerprint density at radius 3 is 2.75 bits per heavy atom. The molecule has 2 rings (SSSR count). The number of carbonyl (C=O) groups is 1. The summed E-state index contributed by atoms with van der Waals surface area (Å²) in [5, 5.41) is 6.15. The Balaban J connectivity index is 0.00000200. The molecule has 1 fully saturated rings. The van der Waals surface area contributed by atoms with E-state index in [2.05, 4.69) is 10.6 Å². The highest BCUT2D eigenvalue weighted by molar-refractivity contribution is 5.85. The Hall–Kier alpha value is -1.26. The fraction of sp³-hybridized carbons (Fsp3) is 0.533. The van der Waals surface area contributed by atoms with E-state index in [1.165, 1.54) is 5.56 Å². The van der Waals surface area contributed by atoms with Gasteiger partial charge in [-0.1, -0.05) is 17.7 Å². The number of hydrogen-bond acceptors (Lipinski definition) is 3. The molecule has 1 aromatic rings. The number of hydrogen-bond donors (Lipinski definition) is 2. The molecule has 2 N–H and O–H groups in total. The van der Waals surface area contributed by atoms with Gasteiger partial charge in [-0.15, -0.1) is 12.4 Å². The van der Waals surface area contributed by atoms with Crippen molar-refractivity contribution < 1.29 is 9.53 Å². The van der Waals surface area contributed by atoms with Crippen molar-refractivity contribution in [2.24, 2.45) is 5.92 Å². The fourth-order valence-corrected chi connectivity index (χ4v) is 2.16. The minimum atomic E-state index is -0.0268. The number of halogens is 1. The van der Waals surface area contributed by atoms with E-state index >= 15 is 0 Å². The lowest BCUT2D eigenvalue weighted by atomic mass is 10.1. The van der Waals surface area contributed by atoms with Gasteiger partial charge in [-0.25, -0.2) is 0 Å². The molecule has 1 aliphatic rings. The van der Waals surface area contributed by atoms with Gasteiger partial charge in [-0.2, -0.15) is 0 Å². The van der Waals surface area contributed by atoms with E-state index < -0.39 is 0 Å². The summed E-state index contributed by atoms with van der Waals surface area (Å²) in [6.07, 6.45) is 0.903. The van der Waals surface area contributed by atoms with Gasteiger partial charge in [-0.05, 0) is 38.9 Å². The predicted molar refractivity (Wildman–Crippen MR) is 82.5 cm³/mol. The Bertz CT molecular complexity index is 416. The van der Waals surface area contributed by atoms with Crippen LogP contribution in [0.15, 0.2) is 24.3 Å². The first-order valence-corrected chi connectivity index (χ1v) is 6.87. The van der Waals surface area contributed by atoms with Crippen molar-refractivity contribution in [1.82, 2.24) is 10.6 Å². The molecule has 1 heterocycles. The molecule has 2 unspecified atom stereocenters. The summed E-state index contributed by atoms with van der Waals surface area (Å²) >= 11 is 0. The van der Waals surface area contributed by atoms with Crippen molar-refractivity contribution in [2.75, 3.05) is 19.6 Å². The number of benzene rings is 1. The molecular weight excluding hydrogens is 276 g/mol. The van der Waals surface area contributed by atoms with Gasteiger partial charge in [0.25, 0.3) is 0 Å². The predicted octanol–water partition coefficient (Wildman–Crippen LogP) is 1.91. The number of rotatable bonds is 5. The van der Waals surface area contributed by atoms with Crippen LogP contribution in [0.3, 0.4) is 0 Å². The van der Waals surface area contributed by atoms with Crippen LogP contribution in [0.4, 0.5) is 0 Å². The van der Waals surface area contributed by atoms with E-state index in [9.17, 15) is 4.79 Å². The van der Waals surface area contributed by atoms with Crippen molar-refractivity contribution in [1.29, 1.82) is 0 Å². The van der Waals surface area contributed by atoms with Crippen molar-refractivity contribution in [3.05, 3.63) is 29.8 Å². The van der Waals surface area contributed by atoms with E-state index in [1.54, 1.807) is 0 Å². The smallest absolute Gasteiger partial charge is 0.224 e. The van der Waals surface area contributed by atoms with Crippen LogP contribution in [0, 0.1) is 12.8 Å². The Kier molecular flexibility index (Phi) is 6.82. The fourth-order valence-electron chi connectivity index (χ4n) is 2.16. The van der Waals surface area contributed by atoms with Crippen molar-refractivity contribution >= 4 is 18.3 Å². The molecule has 112 valence electrons. The maximum absolute atomic E-state index is 11.8. The van der Waals surface area contributed by atoms with E-state index in [-0.39, 0.29) is 30.3 Å². The minimum Gasteiger partial charge on any atom is -0.489 e. The standard InChI is InChI=1S/C15H22N2O2.ClH/c1-11-3-5-14(6-4-11)19-12(2)9-17-15(18)13-7-8-16-10-13;/h3-6,12-13,16H,7-10H2,1-2H3,(H,17,18);1H. The second-order valence-corrected chi connectivity index (χ2v) is 5.18. The molecule has 1 aromatic carbocycles. The third-order valence-electron chi connectivity index (χ3n) is 3.35. The summed E-state index contributed by atoms with van der Waals surface area (Å²) in [6, 6.07) is 7.94. The quantitative estimate of drug-likeness (QED) is 0.873. The van der Waals surface area contributed by atoms with Crippen LogP contribution < -0.4 is 15.4 Å². The van der Waals surface area contributed by atoms with Crippen molar-refractivity contribution in [3.8, 4) is 5.75 Å². The summed E-state index contributed by atoms with van der Waals surface area (Å²) in [7, 11) is 0. The van der Waals surface area contributed by atoms with E-state index in [4.69, 9.17) is 4.74 Å². The van der Waals surface area contributed by atoms with Crippen LogP contribution in [0.2, 0.25) is 0 Å². The molecule has 0 aliphatic carbocycles. The molecule has 0 saturated carbocycles. The van der Waals surface area contributed by atoms with Gasteiger partial charge < -0.3 is 15.4 Å². The van der Waals surface area contributed by atoms with Crippen LogP contribution >= 0.6 is 12.4 Å². The topological polar surface area (TPSA) is 50.4 Å². The summed E-state index contributed by atoms with van der Waals surface area (Å²) in [5.74, 6) is 1.09. The van der Waals surface area contributed by atoms with Crippen LogP contribution in [-0.4, -0.2) is 31.6 Å². The Labute approximate surface area is 126 Å². The lowest BCUT2D eigenvalue weighted by Crippen LogP contribution is -2.38. The summed E-state index contributed by atoms with van der Waals surface area (Å²) < 4.78 is 5.75. The molecule has 1 amide bonds. The zero-order valence-electron chi connectivity index (χ0n) is 12.0. The van der Waals surface area contributed by atoms with Crippen LogP contribution in [0.1, 0.15) is 18.9 Å². The molecule has 20 heavy (non-hydrogen) atoms. The van der Waals surface area contributed by atoms with Crippen molar-refractivity contribution in [2.45, 2.75) is 26.4 Å². The monoisotopic (exact) mass is 298 g/mol. The van der Waals surface area contributed by atoms with E-state index in [1.807, 2.05) is 38.1 Å². The molecular formula is C15H23ClN2O2. The molecule has 0 bridgehead atoms. The first-order valence-electron chi connectivity index (χ1n) is 6.87. The second-order valence-electron chi connectivity index (χ2n) is 5.18. The lowest BCUT2D eigenvalue weighted by molar-refractivity contribution is -0.124. The number of aryl methyl sites for hydroxylation is 1. The highest BCUT2D eigenvalue weighted by Crippen LogP contribution is 2.13. The molecule has 0 radical (unpaired) electrons. The average Bonchev–Trinajstić information content (AvgIpc) is 2.93. The van der Waals surface area contributed by atoms with E-state index in [0.29, 0.717) is 6.54 Å². The normalized spacial score (nSPS) is 19.0. The van der Waals surface area contributed by atoms with Gasteiger partial charge in [0.15, 0.2) is 0 Å². The maximum atomic E-state index is 11.8. The van der Waals surface area contributed by atoms with Crippen LogP contribution in [-0.2, 0) is 4.79 Å². The van der Waals surface area contributed by atoms with Gasteiger partial charge in [0, 0.05) is 6.54 Å². The highest BCUT2D eigenvalue weighted by atomic mass is 35.5. The summed E-state index contributed by atoms with van der Waals surface area (Å²) in [6.45, 7) is 6.28. The van der Waals surface area contributed by atoms with Gasteiger partial charge >= 0.3 is 0 Å². The third-order valence-corrected chi connectivity index (χ3v) is 3.35. The summed E-state index contributed by atoms with van der Waals surface area (Å²) in [5.41, 5.74) is 1.21. The minimum absolute atomic E-state index is 0. The number of ether oxygens (including phenoxy) is 1. The second kappa shape index (κ2) is 8.12. The number of amides is 1. The van der Waals surface area contributed by atoms with Gasteiger partial charge in [0.2, 0.25) is 5.91 Å². The Morgan fingerprint density at radius 1 is 1.45 bits per heavy atom. The van der Waals surface area contributed by atoms with Crippen LogP contribution in [0.25, 0.3) is 0 Å². The average molecular weight is 299 g/mol. The van der Waals surface area contributed by atoms with Gasteiger partial charge in [0.05, 0.1) is 12.5 Å². The zero-order chi connectivity index (χ0) is 13.7. The lowest BCUT2D eigenvalue weighted by Gasteiger charge is -2.17. The molecule has 5 heteroatoms. The molecule has 1 saturated heterocycles. The number of carbonyl (C=O) groups excluding carboxylic acids is 1. The van der Waals surface area contributed by atoms with Gasteiger partial charge in [0.1, 0.15) is 11.9 Å². The largest absolute Gasteiger partial charge is 0.489 e.